The van der Waals surface area contributed by atoms with Crippen LogP contribution in [0.3, 0.4) is 0 Å². The van der Waals surface area contributed by atoms with Crippen LogP contribution < -0.4 is 10.2 Å². The number of amides is 2. The lowest BCUT2D eigenvalue weighted by atomic mass is 10.0. The van der Waals surface area contributed by atoms with E-state index in [-0.39, 0.29) is 23.5 Å². The van der Waals surface area contributed by atoms with Gasteiger partial charge in [-0.2, -0.15) is 0 Å². The second kappa shape index (κ2) is 10.6. The molecule has 2 aromatic rings. The highest BCUT2D eigenvalue weighted by Gasteiger charge is 2.27. The fraction of sp³-hybridized carbons (Fsp3) is 0.440. The molecule has 2 aliphatic rings. The van der Waals surface area contributed by atoms with Crippen LogP contribution in [0.15, 0.2) is 48.5 Å². The molecule has 0 unspecified atom stereocenters. The minimum absolute atomic E-state index is 0.0175. The van der Waals surface area contributed by atoms with Gasteiger partial charge in [-0.15, -0.1) is 0 Å². The van der Waals surface area contributed by atoms with Crippen molar-refractivity contribution in [1.82, 2.24) is 15.1 Å². The Morgan fingerprint density at radius 3 is 2.24 bits per heavy atom. The normalized spacial score (nSPS) is 17.4. The SMILES string of the molecule is CCN1CCN(C(=O)c2ccccc2N2CCC(NC(=O)c3ccc([N+](=O)[O-])cc3)CC2)CC1. The van der Waals surface area contributed by atoms with Crippen molar-refractivity contribution in [2.75, 3.05) is 50.7 Å². The van der Waals surface area contributed by atoms with E-state index >= 15 is 0 Å². The molecule has 2 heterocycles. The lowest BCUT2D eigenvalue weighted by molar-refractivity contribution is -0.384. The van der Waals surface area contributed by atoms with Crippen LogP contribution in [0.5, 0.6) is 0 Å². The quantitative estimate of drug-likeness (QED) is 0.520. The fourth-order valence-corrected chi connectivity index (χ4v) is 4.64. The van der Waals surface area contributed by atoms with Crippen LogP contribution >= 0.6 is 0 Å². The Labute approximate surface area is 199 Å². The van der Waals surface area contributed by atoms with E-state index in [1.54, 1.807) is 0 Å². The van der Waals surface area contributed by atoms with Crippen molar-refractivity contribution in [3.63, 3.8) is 0 Å². The van der Waals surface area contributed by atoms with Gasteiger partial charge in [0.2, 0.25) is 0 Å². The van der Waals surface area contributed by atoms with Gasteiger partial charge in [0.1, 0.15) is 0 Å². The molecule has 0 saturated carbocycles. The first-order valence-corrected chi connectivity index (χ1v) is 11.9. The van der Waals surface area contributed by atoms with E-state index in [0.717, 1.165) is 69.9 Å². The highest BCUT2D eigenvalue weighted by atomic mass is 16.6. The zero-order valence-corrected chi connectivity index (χ0v) is 19.5. The molecule has 34 heavy (non-hydrogen) atoms. The van der Waals surface area contributed by atoms with Gasteiger partial charge in [-0.05, 0) is 43.7 Å². The van der Waals surface area contributed by atoms with Crippen molar-refractivity contribution >= 4 is 23.2 Å². The number of nitro groups is 1. The lowest BCUT2D eigenvalue weighted by Crippen LogP contribution is -2.49. The maximum atomic E-state index is 13.3. The molecule has 180 valence electrons. The number of benzene rings is 2. The fourth-order valence-electron chi connectivity index (χ4n) is 4.64. The van der Waals surface area contributed by atoms with E-state index in [4.69, 9.17) is 0 Å². The third-order valence-corrected chi connectivity index (χ3v) is 6.75. The Kier molecular flexibility index (Phi) is 7.42. The Balaban J connectivity index is 1.35. The van der Waals surface area contributed by atoms with Gasteiger partial charge in [0.25, 0.3) is 17.5 Å². The van der Waals surface area contributed by atoms with E-state index in [9.17, 15) is 19.7 Å². The minimum Gasteiger partial charge on any atom is -0.371 e. The molecule has 9 nitrogen and oxygen atoms in total. The summed E-state index contributed by atoms with van der Waals surface area (Å²) >= 11 is 0. The molecule has 2 aliphatic heterocycles. The first-order chi connectivity index (χ1) is 16.5. The number of likely N-dealkylation sites (N-methyl/N-ethyl adjacent to an activating group) is 1. The van der Waals surface area contributed by atoms with E-state index in [1.165, 1.54) is 24.3 Å². The summed E-state index contributed by atoms with van der Waals surface area (Å²) in [6, 6.07) is 13.4. The predicted octanol–water partition coefficient (Wildman–Crippen LogP) is 2.77. The molecule has 2 saturated heterocycles. The highest BCUT2D eigenvalue weighted by Crippen LogP contribution is 2.26. The molecule has 0 aliphatic carbocycles. The van der Waals surface area contributed by atoms with Crippen LogP contribution in [0.4, 0.5) is 11.4 Å². The molecule has 2 fully saturated rings. The first-order valence-electron chi connectivity index (χ1n) is 11.9. The largest absolute Gasteiger partial charge is 0.371 e. The summed E-state index contributed by atoms with van der Waals surface area (Å²) in [5.41, 5.74) is 2.06. The molecule has 0 spiro atoms. The second-order valence-corrected chi connectivity index (χ2v) is 8.78. The minimum atomic E-state index is -0.481. The number of anilines is 1. The highest BCUT2D eigenvalue weighted by molar-refractivity contribution is 6.00. The Morgan fingerprint density at radius 1 is 0.971 bits per heavy atom. The molecule has 0 radical (unpaired) electrons. The summed E-state index contributed by atoms with van der Waals surface area (Å²) in [7, 11) is 0. The zero-order chi connectivity index (χ0) is 24.1. The van der Waals surface area contributed by atoms with Crippen LogP contribution in [0, 0.1) is 10.1 Å². The van der Waals surface area contributed by atoms with Gasteiger partial charge in [-0.25, -0.2) is 0 Å². The number of nitrogens with zero attached hydrogens (tertiary/aromatic N) is 4. The van der Waals surface area contributed by atoms with Crippen molar-refractivity contribution in [1.29, 1.82) is 0 Å². The number of nitrogens with one attached hydrogen (secondary N) is 1. The van der Waals surface area contributed by atoms with Crippen molar-refractivity contribution < 1.29 is 14.5 Å². The standard InChI is InChI=1S/C25H31N5O4/c1-2-27-15-17-29(18-16-27)25(32)22-5-3-4-6-23(22)28-13-11-20(12-14-28)26-24(31)19-7-9-21(10-8-19)30(33)34/h3-10,20H,2,11-18H2,1H3,(H,26,31). The summed E-state index contributed by atoms with van der Waals surface area (Å²) < 4.78 is 0. The van der Waals surface area contributed by atoms with Crippen LogP contribution in [0.2, 0.25) is 0 Å². The van der Waals surface area contributed by atoms with Crippen molar-refractivity contribution in [2.24, 2.45) is 0 Å². The number of nitro benzene ring substituents is 1. The number of hydrogen-bond donors (Lipinski definition) is 1. The average molecular weight is 466 g/mol. The number of carbonyl (C=O) groups is 2. The molecule has 1 N–H and O–H groups in total. The number of piperidine rings is 1. The van der Waals surface area contributed by atoms with Crippen molar-refractivity contribution in [3.05, 3.63) is 69.8 Å². The molecule has 0 atom stereocenters. The summed E-state index contributed by atoms with van der Waals surface area (Å²) in [6.45, 7) is 7.93. The Hall–Kier alpha value is -3.46. The number of carbonyl (C=O) groups excluding carboxylic acids is 2. The molecule has 2 amide bonds. The number of hydrogen-bond acceptors (Lipinski definition) is 6. The van der Waals surface area contributed by atoms with Gasteiger partial charge in [0.15, 0.2) is 0 Å². The van der Waals surface area contributed by atoms with Gasteiger partial charge in [0, 0.05) is 68.7 Å². The van der Waals surface area contributed by atoms with Gasteiger partial charge in [-0.3, -0.25) is 19.7 Å². The lowest BCUT2D eigenvalue weighted by Gasteiger charge is -2.37. The topological polar surface area (TPSA) is 99.0 Å². The van der Waals surface area contributed by atoms with Crippen LogP contribution in [0.1, 0.15) is 40.5 Å². The van der Waals surface area contributed by atoms with Crippen LogP contribution in [-0.2, 0) is 0 Å². The summed E-state index contributed by atoms with van der Waals surface area (Å²) in [4.78, 5) is 42.7. The molecule has 4 rings (SSSR count). The molecule has 0 bridgehead atoms. The first kappa shape index (κ1) is 23.7. The Bertz CT molecular complexity index is 1030. The maximum Gasteiger partial charge on any atom is 0.269 e. The number of para-hydroxylation sites is 1. The Morgan fingerprint density at radius 2 is 1.62 bits per heavy atom. The maximum absolute atomic E-state index is 13.3. The van der Waals surface area contributed by atoms with Gasteiger partial charge < -0.3 is 20.0 Å². The smallest absolute Gasteiger partial charge is 0.269 e. The van der Waals surface area contributed by atoms with E-state index in [2.05, 4.69) is 22.0 Å². The number of rotatable bonds is 6. The van der Waals surface area contributed by atoms with E-state index in [0.29, 0.717) is 5.56 Å². The average Bonchev–Trinajstić information content (AvgIpc) is 2.89. The third-order valence-electron chi connectivity index (χ3n) is 6.75. The number of piperazine rings is 1. The third kappa shape index (κ3) is 5.36. The van der Waals surface area contributed by atoms with Gasteiger partial charge in [0.05, 0.1) is 10.5 Å². The summed E-state index contributed by atoms with van der Waals surface area (Å²) in [5, 5.41) is 13.8. The predicted molar refractivity (Wildman–Crippen MR) is 130 cm³/mol. The molecule has 9 heteroatoms. The van der Waals surface area contributed by atoms with Crippen molar-refractivity contribution in [3.8, 4) is 0 Å². The second-order valence-electron chi connectivity index (χ2n) is 8.78. The summed E-state index contributed by atoms with van der Waals surface area (Å²) in [5.74, 6) is -0.143. The molecular weight excluding hydrogens is 434 g/mol. The number of non-ortho nitro benzene ring substituents is 1. The summed E-state index contributed by atoms with van der Waals surface area (Å²) in [6.07, 6.45) is 1.52. The van der Waals surface area contributed by atoms with Crippen LogP contribution in [-0.4, -0.2) is 78.4 Å². The van der Waals surface area contributed by atoms with Gasteiger partial charge >= 0.3 is 0 Å². The van der Waals surface area contributed by atoms with Crippen LogP contribution in [0.25, 0.3) is 0 Å². The monoisotopic (exact) mass is 465 g/mol. The van der Waals surface area contributed by atoms with E-state index in [1.807, 2.05) is 29.2 Å². The molecular formula is C25H31N5O4. The molecule has 0 aromatic heterocycles. The van der Waals surface area contributed by atoms with E-state index < -0.39 is 4.92 Å². The molecule has 2 aromatic carbocycles. The zero-order valence-electron chi connectivity index (χ0n) is 19.5. The van der Waals surface area contributed by atoms with Gasteiger partial charge in [-0.1, -0.05) is 19.1 Å². The van der Waals surface area contributed by atoms with Crippen molar-refractivity contribution in [2.45, 2.75) is 25.8 Å².